The first-order valence-electron chi connectivity index (χ1n) is 10.8. The van der Waals surface area contributed by atoms with E-state index in [0.29, 0.717) is 16.7 Å². The van der Waals surface area contributed by atoms with Gasteiger partial charge in [0.15, 0.2) is 0 Å². The number of hydrogen-bond donors (Lipinski definition) is 2. The summed E-state index contributed by atoms with van der Waals surface area (Å²) >= 11 is 0. The smallest absolute Gasteiger partial charge is 0.264 e. The summed E-state index contributed by atoms with van der Waals surface area (Å²) in [6, 6.07) is 10.0. The van der Waals surface area contributed by atoms with E-state index in [4.69, 9.17) is 9.72 Å². The van der Waals surface area contributed by atoms with E-state index in [-0.39, 0.29) is 11.6 Å². The lowest BCUT2D eigenvalue weighted by Gasteiger charge is -2.28. The van der Waals surface area contributed by atoms with Gasteiger partial charge in [-0.25, -0.2) is 9.97 Å². The highest BCUT2D eigenvalue weighted by molar-refractivity contribution is 5.91. The molecule has 0 unspecified atom stereocenters. The summed E-state index contributed by atoms with van der Waals surface area (Å²) in [6.07, 6.45) is 3.66. The Morgan fingerprint density at radius 2 is 1.94 bits per heavy atom. The number of aliphatic hydroxyl groups is 1. The number of nitrogens with zero attached hydrogens (tertiary/aromatic N) is 4. The Kier molecular flexibility index (Phi) is 5.33. The fourth-order valence-corrected chi connectivity index (χ4v) is 4.42. The molecule has 31 heavy (non-hydrogen) atoms. The second-order valence-electron chi connectivity index (χ2n) is 8.31. The molecule has 1 aliphatic carbocycles. The molecule has 162 valence electrons. The Hall–Kier alpha value is -2.97. The van der Waals surface area contributed by atoms with Crippen LogP contribution in [0.4, 0.5) is 11.5 Å². The Balaban J connectivity index is 1.54. The predicted octanol–water partition coefficient (Wildman–Crippen LogP) is 2.16. The van der Waals surface area contributed by atoms with Crippen LogP contribution in [0, 0.1) is 0 Å². The van der Waals surface area contributed by atoms with Crippen LogP contribution in [-0.2, 0) is 11.8 Å². The number of morpholine rings is 1. The van der Waals surface area contributed by atoms with Crippen LogP contribution in [0.2, 0.25) is 0 Å². The fraction of sp³-hybridized carbons (Fsp3) is 0.435. The van der Waals surface area contributed by atoms with Crippen molar-refractivity contribution in [3.63, 3.8) is 0 Å². The Morgan fingerprint density at radius 1 is 1.16 bits per heavy atom. The zero-order valence-corrected chi connectivity index (χ0v) is 17.6. The van der Waals surface area contributed by atoms with E-state index < -0.39 is 6.10 Å². The molecule has 2 aliphatic rings. The van der Waals surface area contributed by atoms with Gasteiger partial charge in [0.1, 0.15) is 11.2 Å². The molecule has 8 heteroatoms. The summed E-state index contributed by atoms with van der Waals surface area (Å²) in [7, 11) is 1.68. The van der Waals surface area contributed by atoms with Gasteiger partial charge in [-0.3, -0.25) is 4.79 Å². The van der Waals surface area contributed by atoms with Crippen LogP contribution in [0.1, 0.15) is 19.3 Å². The molecule has 5 rings (SSSR count). The highest BCUT2D eigenvalue weighted by Gasteiger charge is 2.26. The number of aliphatic hydroxyl groups excluding tert-OH is 1. The van der Waals surface area contributed by atoms with Crippen LogP contribution >= 0.6 is 0 Å². The molecule has 1 aliphatic heterocycles. The SMILES string of the molecule is Cn1cnc2cc(-c3ccc(N4CCOCC4)cc3)nc(N[C@H]3CCC[C@H]3O)c2c1=O. The van der Waals surface area contributed by atoms with Crippen molar-refractivity contribution < 1.29 is 9.84 Å². The van der Waals surface area contributed by atoms with Gasteiger partial charge in [-0.05, 0) is 37.5 Å². The van der Waals surface area contributed by atoms with Crippen LogP contribution in [-0.4, -0.2) is 58.1 Å². The first-order chi connectivity index (χ1) is 15.1. The third-order valence-corrected chi connectivity index (χ3v) is 6.24. The molecular weight excluding hydrogens is 394 g/mol. The van der Waals surface area contributed by atoms with Gasteiger partial charge in [0.05, 0.1) is 42.9 Å². The van der Waals surface area contributed by atoms with Gasteiger partial charge in [0.25, 0.3) is 5.56 Å². The molecule has 0 bridgehead atoms. The average Bonchev–Trinajstić information content (AvgIpc) is 3.21. The van der Waals surface area contributed by atoms with Crippen molar-refractivity contribution in [3.8, 4) is 11.3 Å². The largest absolute Gasteiger partial charge is 0.391 e. The lowest BCUT2D eigenvalue weighted by atomic mass is 10.1. The van der Waals surface area contributed by atoms with Crippen molar-refractivity contribution in [3.05, 3.63) is 47.0 Å². The highest BCUT2D eigenvalue weighted by Crippen LogP contribution is 2.29. The number of ether oxygens (including phenoxy) is 1. The maximum absolute atomic E-state index is 12.8. The molecule has 0 spiro atoms. The van der Waals surface area contributed by atoms with E-state index in [0.717, 1.165) is 62.5 Å². The molecule has 0 radical (unpaired) electrons. The van der Waals surface area contributed by atoms with E-state index in [1.807, 2.05) is 18.2 Å². The summed E-state index contributed by atoms with van der Waals surface area (Å²) in [5.41, 5.74) is 3.31. The Morgan fingerprint density at radius 3 is 2.65 bits per heavy atom. The number of pyridine rings is 1. The molecule has 1 saturated carbocycles. The molecule has 3 aromatic rings. The van der Waals surface area contributed by atoms with Gasteiger partial charge in [0.2, 0.25) is 0 Å². The van der Waals surface area contributed by atoms with Gasteiger partial charge >= 0.3 is 0 Å². The van der Waals surface area contributed by atoms with Crippen molar-refractivity contribution in [2.24, 2.45) is 7.05 Å². The minimum Gasteiger partial charge on any atom is -0.391 e. The number of aryl methyl sites for hydroxylation is 1. The van der Waals surface area contributed by atoms with Gasteiger partial charge < -0.3 is 24.6 Å². The lowest BCUT2D eigenvalue weighted by Crippen LogP contribution is -2.36. The van der Waals surface area contributed by atoms with Gasteiger partial charge in [-0.1, -0.05) is 12.1 Å². The van der Waals surface area contributed by atoms with Crippen molar-refractivity contribution in [2.45, 2.75) is 31.4 Å². The van der Waals surface area contributed by atoms with Crippen molar-refractivity contribution in [1.29, 1.82) is 0 Å². The van der Waals surface area contributed by atoms with E-state index in [9.17, 15) is 9.90 Å². The van der Waals surface area contributed by atoms with E-state index in [2.05, 4.69) is 27.3 Å². The predicted molar refractivity (Wildman–Crippen MR) is 121 cm³/mol. The van der Waals surface area contributed by atoms with Crippen LogP contribution in [0.5, 0.6) is 0 Å². The second kappa shape index (κ2) is 8.28. The van der Waals surface area contributed by atoms with E-state index >= 15 is 0 Å². The molecule has 2 N–H and O–H groups in total. The van der Waals surface area contributed by atoms with Crippen molar-refractivity contribution in [2.75, 3.05) is 36.5 Å². The first-order valence-corrected chi connectivity index (χ1v) is 10.8. The number of nitrogens with one attached hydrogen (secondary N) is 1. The number of fused-ring (bicyclic) bond motifs is 1. The Labute approximate surface area is 180 Å². The summed E-state index contributed by atoms with van der Waals surface area (Å²) in [4.78, 5) is 24.4. The van der Waals surface area contributed by atoms with Crippen LogP contribution < -0.4 is 15.8 Å². The summed E-state index contributed by atoms with van der Waals surface area (Å²) in [5.74, 6) is 0.490. The summed E-state index contributed by atoms with van der Waals surface area (Å²) < 4.78 is 6.89. The normalized spacial score (nSPS) is 21.5. The molecule has 3 heterocycles. The molecule has 2 aromatic heterocycles. The minimum atomic E-state index is -0.436. The summed E-state index contributed by atoms with van der Waals surface area (Å²) in [5, 5.41) is 14.1. The van der Waals surface area contributed by atoms with Crippen LogP contribution in [0.25, 0.3) is 22.2 Å². The van der Waals surface area contributed by atoms with Crippen molar-refractivity contribution >= 4 is 22.4 Å². The lowest BCUT2D eigenvalue weighted by molar-refractivity contribution is 0.122. The summed E-state index contributed by atoms with van der Waals surface area (Å²) in [6.45, 7) is 3.27. The van der Waals surface area contributed by atoms with Crippen molar-refractivity contribution in [1.82, 2.24) is 14.5 Å². The molecule has 2 fully saturated rings. The maximum atomic E-state index is 12.8. The number of hydrogen-bond acceptors (Lipinski definition) is 7. The molecular formula is C23H27N5O3. The average molecular weight is 422 g/mol. The van der Waals surface area contributed by atoms with Gasteiger partial charge in [0, 0.05) is 31.4 Å². The molecule has 1 saturated heterocycles. The third kappa shape index (κ3) is 3.88. The maximum Gasteiger partial charge on any atom is 0.264 e. The monoisotopic (exact) mass is 421 g/mol. The van der Waals surface area contributed by atoms with E-state index in [1.54, 1.807) is 7.05 Å². The fourth-order valence-electron chi connectivity index (χ4n) is 4.42. The first kappa shape index (κ1) is 20.0. The molecule has 2 atom stereocenters. The molecule has 8 nitrogen and oxygen atoms in total. The number of rotatable bonds is 4. The van der Waals surface area contributed by atoms with Gasteiger partial charge in [-0.2, -0.15) is 0 Å². The topological polar surface area (TPSA) is 92.5 Å². The zero-order chi connectivity index (χ0) is 21.4. The van der Waals surface area contributed by atoms with Gasteiger partial charge in [-0.15, -0.1) is 0 Å². The quantitative estimate of drug-likeness (QED) is 0.667. The molecule has 0 amide bonds. The van der Waals surface area contributed by atoms with E-state index in [1.165, 1.54) is 10.9 Å². The highest BCUT2D eigenvalue weighted by atomic mass is 16.5. The Bertz CT molecular complexity index is 1140. The standard InChI is InChI=1S/C23H27N5O3/c1-27-14-24-19-13-18(15-5-7-16(8-6-15)28-9-11-31-12-10-28)26-22(21(19)23(27)30)25-17-3-2-4-20(17)29/h5-8,13-14,17,20,29H,2-4,9-12H2,1H3,(H,25,26)/t17-,20+/m0/s1. The third-order valence-electron chi connectivity index (χ3n) is 6.24. The van der Waals surface area contributed by atoms with Crippen LogP contribution in [0.3, 0.4) is 0 Å². The second-order valence-corrected chi connectivity index (χ2v) is 8.31. The number of aromatic nitrogens is 3. The number of anilines is 2. The zero-order valence-electron chi connectivity index (χ0n) is 17.6. The number of benzene rings is 1. The molecule has 1 aromatic carbocycles. The van der Waals surface area contributed by atoms with Crippen LogP contribution in [0.15, 0.2) is 41.5 Å². The minimum absolute atomic E-state index is 0.112.